The monoisotopic (exact) mass is 340 g/mol. The van der Waals surface area contributed by atoms with Crippen molar-refractivity contribution in [3.63, 3.8) is 0 Å². The van der Waals surface area contributed by atoms with E-state index in [9.17, 15) is 9.90 Å². The predicted octanol–water partition coefficient (Wildman–Crippen LogP) is 3.28. The van der Waals surface area contributed by atoms with Gasteiger partial charge in [0.2, 0.25) is 0 Å². The minimum absolute atomic E-state index is 0.236. The van der Waals surface area contributed by atoms with Gasteiger partial charge in [-0.1, -0.05) is 18.2 Å². The molecule has 1 saturated heterocycles. The topological polar surface area (TPSA) is 43.8 Å². The molecule has 134 valence electrons. The standard InChI is InChI=1S/C21H28N2O2/c1-13-6-4-5-7-17(13)23-20(2,3)19(24)22(23)18-15-8-14-9-16(18)12-21(25,10-14)11-15/h4-7,14-16,18,25H,8-12H2,1-3H3/t14?,15-,16-,18?,21?/m0/s1. The van der Waals surface area contributed by atoms with Crippen LogP contribution in [-0.4, -0.2) is 33.2 Å². The zero-order valence-electron chi connectivity index (χ0n) is 15.4. The average molecular weight is 340 g/mol. The second-order valence-corrected chi connectivity index (χ2v) is 9.49. The molecule has 1 aliphatic heterocycles. The molecule has 4 bridgehead atoms. The second-order valence-electron chi connectivity index (χ2n) is 9.49. The molecule has 0 unspecified atom stereocenters. The second kappa shape index (κ2) is 4.79. The third-order valence-electron chi connectivity index (χ3n) is 7.29. The van der Waals surface area contributed by atoms with E-state index >= 15 is 0 Å². The molecule has 2 atom stereocenters. The van der Waals surface area contributed by atoms with Crippen molar-refractivity contribution in [1.82, 2.24) is 5.01 Å². The third-order valence-corrected chi connectivity index (χ3v) is 7.29. The van der Waals surface area contributed by atoms with E-state index in [4.69, 9.17) is 0 Å². The minimum atomic E-state index is -0.488. The highest BCUT2D eigenvalue weighted by molar-refractivity contribution is 5.98. The van der Waals surface area contributed by atoms with Crippen LogP contribution in [0.5, 0.6) is 0 Å². The number of hydrogen-bond acceptors (Lipinski definition) is 3. The lowest BCUT2D eigenvalue weighted by atomic mass is 9.52. The van der Waals surface area contributed by atoms with Gasteiger partial charge in [0.05, 0.1) is 17.3 Å². The van der Waals surface area contributed by atoms with Gasteiger partial charge >= 0.3 is 0 Å². The fourth-order valence-corrected chi connectivity index (χ4v) is 6.53. The van der Waals surface area contributed by atoms with Gasteiger partial charge in [-0.25, -0.2) is 5.01 Å². The molecule has 1 aromatic carbocycles. The Balaban J connectivity index is 1.53. The number of carbonyl (C=O) groups excluding carboxylic acids is 1. The van der Waals surface area contributed by atoms with Gasteiger partial charge in [-0.3, -0.25) is 9.80 Å². The number of nitrogens with zero attached hydrogens (tertiary/aromatic N) is 2. The molecular formula is C21H28N2O2. The molecule has 1 aromatic rings. The van der Waals surface area contributed by atoms with Gasteiger partial charge in [0.25, 0.3) is 5.91 Å². The van der Waals surface area contributed by atoms with Crippen molar-refractivity contribution in [3.8, 4) is 0 Å². The highest BCUT2D eigenvalue weighted by Crippen LogP contribution is 2.58. The van der Waals surface area contributed by atoms with Crippen LogP contribution in [-0.2, 0) is 4.79 Å². The molecule has 0 spiro atoms. The van der Waals surface area contributed by atoms with Crippen molar-refractivity contribution in [1.29, 1.82) is 0 Å². The van der Waals surface area contributed by atoms with Crippen LogP contribution in [0.15, 0.2) is 24.3 Å². The van der Waals surface area contributed by atoms with Crippen LogP contribution < -0.4 is 5.01 Å². The molecule has 1 heterocycles. The summed E-state index contributed by atoms with van der Waals surface area (Å²) in [7, 11) is 0. The van der Waals surface area contributed by atoms with Crippen molar-refractivity contribution < 1.29 is 9.90 Å². The lowest BCUT2D eigenvalue weighted by Crippen LogP contribution is -2.81. The summed E-state index contributed by atoms with van der Waals surface area (Å²) in [5, 5.41) is 15.2. The normalized spacial score (nSPS) is 41.2. The van der Waals surface area contributed by atoms with Crippen molar-refractivity contribution in [2.75, 3.05) is 5.01 Å². The first-order chi connectivity index (χ1) is 11.8. The molecule has 0 aromatic heterocycles. The molecule has 4 saturated carbocycles. The first-order valence-corrected chi connectivity index (χ1v) is 9.72. The Morgan fingerprint density at radius 3 is 2.32 bits per heavy atom. The maximum absolute atomic E-state index is 13.1. The van der Waals surface area contributed by atoms with E-state index in [1.165, 1.54) is 18.4 Å². The van der Waals surface area contributed by atoms with Crippen LogP contribution in [0.3, 0.4) is 0 Å². The van der Waals surface area contributed by atoms with Crippen LogP contribution in [0.2, 0.25) is 0 Å². The number of para-hydroxylation sites is 1. The molecule has 5 fully saturated rings. The predicted molar refractivity (Wildman–Crippen MR) is 96.9 cm³/mol. The highest BCUT2D eigenvalue weighted by atomic mass is 16.3. The van der Waals surface area contributed by atoms with Gasteiger partial charge in [-0.2, -0.15) is 0 Å². The summed E-state index contributed by atoms with van der Waals surface area (Å²) in [4.78, 5) is 13.1. The van der Waals surface area contributed by atoms with Crippen molar-refractivity contribution in [2.24, 2.45) is 17.8 Å². The first-order valence-electron chi connectivity index (χ1n) is 9.72. The van der Waals surface area contributed by atoms with Crippen LogP contribution >= 0.6 is 0 Å². The maximum atomic E-state index is 13.1. The lowest BCUT2D eigenvalue weighted by Gasteiger charge is -2.67. The summed E-state index contributed by atoms with van der Waals surface area (Å²) in [6.07, 6.45) is 5.07. The van der Waals surface area contributed by atoms with Crippen LogP contribution in [0.25, 0.3) is 0 Å². The zero-order valence-corrected chi connectivity index (χ0v) is 15.4. The van der Waals surface area contributed by atoms with E-state index in [0.29, 0.717) is 17.8 Å². The van der Waals surface area contributed by atoms with E-state index in [1.54, 1.807) is 0 Å². The molecule has 25 heavy (non-hydrogen) atoms. The van der Waals surface area contributed by atoms with E-state index in [2.05, 4.69) is 41.2 Å². The van der Waals surface area contributed by atoms with Gasteiger partial charge in [-0.05, 0) is 82.3 Å². The third kappa shape index (κ3) is 2.00. The molecule has 6 rings (SSSR count). The summed E-state index contributed by atoms with van der Waals surface area (Å²) in [6.45, 7) is 6.18. The molecule has 4 heteroatoms. The van der Waals surface area contributed by atoms with Gasteiger partial charge in [0.1, 0.15) is 5.54 Å². The number of hydrogen-bond donors (Lipinski definition) is 1. The average Bonchev–Trinajstić information content (AvgIpc) is 2.53. The van der Waals surface area contributed by atoms with Crippen molar-refractivity contribution in [2.45, 2.75) is 70.1 Å². The fourth-order valence-electron chi connectivity index (χ4n) is 6.53. The van der Waals surface area contributed by atoms with E-state index in [0.717, 1.165) is 24.9 Å². The molecule has 0 radical (unpaired) electrons. The zero-order chi connectivity index (χ0) is 17.6. The molecule has 1 amide bonds. The Kier molecular flexibility index (Phi) is 3.00. The van der Waals surface area contributed by atoms with Crippen LogP contribution in [0, 0.1) is 24.7 Å². The van der Waals surface area contributed by atoms with Crippen LogP contribution in [0.1, 0.15) is 51.5 Å². The first kappa shape index (κ1) is 15.7. The number of benzene rings is 1. The summed E-state index contributed by atoms with van der Waals surface area (Å²) in [5.74, 6) is 1.79. The van der Waals surface area contributed by atoms with Crippen LogP contribution in [0.4, 0.5) is 5.69 Å². The number of rotatable bonds is 2. The largest absolute Gasteiger partial charge is 0.390 e. The summed E-state index contributed by atoms with van der Waals surface area (Å²) in [6, 6.07) is 8.61. The van der Waals surface area contributed by atoms with E-state index < -0.39 is 11.1 Å². The quantitative estimate of drug-likeness (QED) is 0.898. The summed E-state index contributed by atoms with van der Waals surface area (Å²) in [5.41, 5.74) is 1.40. The Labute approximate surface area is 149 Å². The molecule has 5 aliphatic rings. The number of carbonyl (C=O) groups is 1. The number of amides is 1. The number of anilines is 1. The number of aliphatic hydroxyl groups is 1. The van der Waals surface area contributed by atoms with Gasteiger partial charge < -0.3 is 5.11 Å². The summed E-state index contributed by atoms with van der Waals surface area (Å²) >= 11 is 0. The van der Waals surface area contributed by atoms with Crippen molar-refractivity contribution >= 4 is 11.6 Å². The smallest absolute Gasteiger partial charge is 0.268 e. The minimum Gasteiger partial charge on any atom is -0.390 e. The highest BCUT2D eigenvalue weighted by Gasteiger charge is 2.63. The number of hydrazine groups is 1. The Bertz CT molecular complexity index is 727. The fraction of sp³-hybridized carbons (Fsp3) is 0.667. The molecule has 1 N–H and O–H groups in total. The Hall–Kier alpha value is -1.55. The molecule has 4 aliphatic carbocycles. The Morgan fingerprint density at radius 1 is 1.08 bits per heavy atom. The van der Waals surface area contributed by atoms with Crippen molar-refractivity contribution in [3.05, 3.63) is 29.8 Å². The maximum Gasteiger partial charge on any atom is 0.268 e. The summed E-state index contributed by atoms with van der Waals surface area (Å²) < 4.78 is 0. The van der Waals surface area contributed by atoms with E-state index in [-0.39, 0.29) is 11.9 Å². The number of aryl methyl sites for hydroxylation is 1. The SMILES string of the molecule is Cc1ccccc1N1N(C2[C@H]3CC4C[C@H]2CC(O)(C4)C3)C(=O)C1(C)C. The molecule has 4 nitrogen and oxygen atoms in total. The van der Waals surface area contributed by atoms with E-state index in [1.807, 2.05) is 13.8 Å². The van der Waals surface area contributed by atoms with Gasteiger partial charge in [0, 0.05) is 0 Å². The van der Waals surface area contributed by atoms with Gasteiger partial charge in [-0.15, -0.1) is 0 Å². The van der Waals surface area contributed by atoms with Gasteiger partial charge in [0.15, 0.2) is 0 Å². The molecular weight excluding hydrogens is 312 g/mol. The Morgan fingerprint density at radius 2 is 1.72 bits per heavy atom. The lowest BCUT2D eigenvalue weighted by molar-refractivity contribution is -0.190.